The number of alkyl halides is 2. The van der Waals surface area contributed by atoms with Gasteiger partial charge in [-0.25, -0.2) is 4.68 Å². The van der Waals surface area contributed by atoms with Gasteiger partial charge < -0.3 is 10.6 Å². The summed E-state index contributed by atoms with van der Waals surface area (Å²) in [6.07, 6.45) is 0.0718. The lowest BCUT2D eigenvalue weighted by molar-refractivity contribution is -0.130. The molecule has 0 saturated carbocycles. The third-order valence-electron chi connectivity index (χ3n) is 4.77. The van der Waals surface area contributed by atoms with E-state index in [1.54, 1.807) is 25.1 Å². The Morgan fingerprint density at radius 3 is 2.76 bits per heavy atom. The van der Waals surface area contributed by atoms with E-state index >= 15 is 0 Å². The van der Waals surface area contributed by atoms with Crippen molar-refractivity contribution in [2.24, 2.45) is 5.92 Å². The number of aryl methyl sites for hydroxylation is 1. The van der Waals surface area contributed by atoms with Crippen molar-refractivity contribution in [2.45, 2.75) is 50.2 Å². The maximum atomic E-state index is 12.8. The highest BCUT2D eigenvalue weighted by Crippen LogP contribution is 2.29. The molecule has 3 unspecified atom stereocenters. The highest BCUT2D eigenvalue weighted by atomic mass is 32.2. The van der Waals surface area contributed by atoms with Crippen molar-refractivity contribution in [2.75, 3.05) is 5.32 Å². The van der Waals surface area contributed by atoms with Gasteiger partial charge in [0.15, 0.2) is 6.29 Å². The van der Waals surface area contributed by atoms with E-state index < -0.39 is 18.0 Å². The molecule has 1 aliphatic heterocycles. The van der Waals surface area contributed by atoms with Gasteiger partial charge in [0.2, 0.25) is 5.91 Å². The SMILES string of the molecule is CCC1C(=O)NC(n2nc(C)cc2NC(=O)c2ccccc2SC(F)F)NC1C. The van der Waals surface area contributed by atoms with Crippen molar-refractivity contribution >= 4 is 29.4 Å². The van der Waals surface area contributed by atoms with Gasteiger partial charge in [-0.3, -0.25) is 14.9 Å². The van der Waals surface area contributed by atoms with Crippen LogP contribution in [0.2, 0.25) is 0 Å². The molecule has 3 atom stereocenters. The summed E-state index contributed by atoms with van der Waals surface area (Å²) in [5.41, 5.74) is 0.778. The fraction of sp³-hybridized carbons (Fsp3) is 0.421. The summed E-state index contributed by atoms with van der Waals surface area (Å²) in [4.78, 5) is 25.3. The topological polar surface area (TPSA) is 88.1 Å². The number of carbonyl (C=O) groups excluding carboxylic acids is 2. The molecule has 1 fully saturated rings. The number of carbonyl (C=O) groups is 2. The van der Waals surface area contributed by atoms with Crippen LogP contribution >= 0.6 is 11.8 Å². The van der Waals surface area contributed by atoms with Crippen molar-refractivity contribution in [3.63, 3.8) is 0 Å². The number of hydrogen-bond acceptors (Lipinski definition) is 5. The molecular formula is C19H23F2N5O2S. The number of anilines is 1. The highest BCUT2D eigenvalue weighted by molar-refractivity contribution is 7.99. The molecule has 0 bridgehead atoms. The van der Waals surface area contributed by atoms with Gasteiger partial charge >= 0.3 is 0 Å². The number of hydrogen-bond donors (Lipinski definition) is 3. The van der Waals surface area contributed by atoms with Gasteiger partial charge in [0, 0.05) is 17.0 Å². The van der Waals surface area contributed by atoms with E-state index in [9.17, 15) is 18.4 Å². The van der Waals surface area contributed by atoms with Crippen molar-refractivity contribution in [1.29, 1.82) is 0 Å². The number of nitrogens with one attached hydrogen (secondary N) is 3. The number of thioether (sulfide) groups is 1. The zero-order valence-electron chi connectivity index (χ0n) is 16.3. The van der Waals surface area contributed by atoms with Crippen LogP contribution in [0.25, 0.3) is 0 Å². The van der Waals surface area contributed by atoms with E-state index in [1.807, 2.05) is 13.8 Å². The molecule has 3 N–H and O–H groups in total. The van der Waals surface area contributed by atoms with Crippen LogP contribution in [0.4, 0.5) is 14.6 Å². The second-order valence-electron chi connectivity index (χ2n) is 6.83. The van der Waals surface area contributed by atoms with E-state index in [2.05, 4.69) is 21.0 Å². The van der Waals surface area contributed by atoms with Crippen LogP contribution in [0.3, 0.4) is 0 Å². The van der Waals surface area contributed by atoms with Gasteiger partial charge in [0.25, 0.3) is 11.7 Å². The summed E-state index contributed by atoms with van der Waals surface area (Å²) in [6.45, 7) is 5.63. The summed E-state index contributed by atoms with van der Waals surface area (Å²) in [5.74, 6) is -3.06. The van der Waals surface area contributed by atoms with Crippen molar-refractivity contribution in [3.8, 4) is 0 Å². The quantitative estimate of drug-likeness (QED) is 0.620. The number of amides is 2. The molecule has 1 aromatic heterocycles. The summed E-state index contributed by atoms with van der Waals surface area (Å²) in [5, 5.41) is 13.2. The lowest BCUT2D eigenvalue weighted by Crippen LogP contribution is -2.57. The van der Waals surface area contributed by atoms with E-state index in [0.717, 1.165) is 0 Å². The maximum Gasteiger partial charge on any atom is 0.288 e. The van der Waals surface area contributed by atoms with E-state index in [-0.39, 0.29) is 28.3 Å². The highest BCUT2D eigenvalue weighted by Gasteiger charge is 2.34. The van der Waals surface area contributed by atoms with Gasteiger partial charge in [0.05, 0.1) is 17.2 Å². The molecule has 3 rings (SSSR count). The minimum atomic E-state index is -2.63. The Morgan fingerprint density at radius 2 is 2.10 bits per heavy atom. The molecule has 1 saturated heterocycles. The fourth-order valence-corrected chi connectivity index (χ4v) is 4.03. The van der Waals surface area contributed by atoms with E-state index in [0.29, 0.717) is 29.7 Å². The maximum absolute atomic E-state index is 12.8. The average molecular weight is 423 g/mol. The summed E-state index contributed by atoms with van der Waals surface area (Å²) in [7, 11) is 0. The Bertz CT molecular complexity index is 904. The Morgan fingerprint density at radius 1 is 1.38 bits per heavy atom. The second kappa shape index (κ2) is 8.91. The number of nitrogens with zero attached hydrogens (tertiary/aromatic N) is 2. The molecular weight excluding hydrogens is 400 g/mol. The standard InChI is InChI=1S/C19H23F2N5O2S/c1-4-12-11(3)22-19(24-16(12)27)26-15(9-10(2)25-26)23-17(28)13-7-5-6-8-14(13)29-18(20)21/h5-9,11-12,18-19,22H,4H2,1-3H3,(H,23,28)(H,24,27). The van der Waals surface area contributed by atoms with Crippen molar-refractivity contribution in [1.82, 2.24) is 20.4 Å². The molecule has 0 spiro atoms. The predicted molar refractivity (Wildman–Crippen MR) is 107 cm³/mol. The molecule has 29 heavy (non-hydrogen) atoms. The third-order valence-corrected chi connectivity index (χ3v) is 5.56. The van der Waals surface area contributed by atoms with E-state index in [4.69, 9.17) is 0 Å². The number of aromatic nitrogens is 2. The van der Waals surface area contributed by atoms with Crippen LogP contribution in [0.5, 0.6) is 0 Å². The summed E-state index contributed by atoms with van der Waals surface area (Å²) >= 11 is 0.319. The molecule has 156 valence electrons. The van der Waals surface area contributed by atoms with Crippen LogP contribution in [-0.2, 0) is 4.79 Å². The van der Waals surface area contributed by atoms with Crippen molar-refractivity contribution in [3.05, 3.63) is 41.6 Å². The average Bonchev–Trinajstić information content (AvgIpc) is 3.01. The number of rotatable bonds is 6. The molecule has 2 heterocycles. The first-order chi connectivity index (χ1) is 13.8. The molecule has 1 aliphatic rings. The number of benzene rings is 1. The number of halogens is 2. The minimum Gasteiger partial charge on any atom is -0.322 e. The van der Waals surface area contributed by atoms with Gasteiger partial charge in [-0.1, -0.05) is 30.8 Å². The minimum absolute atomic E-state index is 0.0741. The summed E-state index contributed by atoms with van der Waals surface area (Å²) < 4.78 is 27.1. The predicted octanol–water partition coefficient (Wildman–Crippen LogP) is 3.35. The second-order valence-corrected chi connectivity index (χ2v) is 7.86. The van der Waals surface area contributed by atoms with Crippen LogP contribution in [-0.4, -0.2) is 33.4 Å². The molecule has 0 aliphatic carbocycles. The summed E-state index contributed by atoms with van der Waals surface area (Å²) in [6, 6.07) is 7.76. The molecule has 0 radical (unpaired) electrons. The third kappa shape index (κ3) is 4.76. The van der Waals surface area contributed by atoms with Gasteiger partial charge in [-0.2, -0.15) is 13.9 Å². The van der Waals surface area contributed by atoms with E-state index in [1.165, 1.54) is 16.8 Å². The fourth-order valence-electron chi connectivity index (χ4n) is 3.39. The van der Waals surface area contributed by atoms with Crippen LogP contribution < -0.4 is 16.0 Å². The monoisotopic (exact) mass is 423 g/mol. The lowest BCUT2D eigenvalue weighted by atomic mass is 9.95. The molecule has 1 aromatic carbocycles. The first-order valence-corrected chi connectivity index (χ1v) is 10.2. The molecule has 2 aromatic rings. The normalized spacial score (nSPS) is 21.9. The zero-order valence-corrected chi connectivity index (χ0v) is 17.1. The molecule has 7 nitrogen and oxygen atoms in total. The van der Waals surface area contributed by atoms with Gasteiger partial charge in [-0.15, -0.1) is 0 Å². The lowest BCUT2D eigenvalue weighted by Gasteiger charge is -2.35. The van der Waals surface area contributed by atoms with Crippen LogP contribution in [0.15, 0.2) is 35.2 Å². The Labute approximate surface area is 171 Å². The van der Waals surface area contributed by atoms with Gasteiger partial charge in [-0.05, 0) is 32.4 Å². The van der Waals surface area contributed by atoms with Crippen LogP contribution in [0, 0.1) is 12.8 Å². The zero-order chi connectivity index (χ0) is 21.1. The van der Waals surface area contributed by atoms with Gasteiger partial charge in [0.1, 0.15) is 5.82 Å². The first kappa shape index (κ1) is 21.3. The Kier molecular flexibility index (Phi) is 6.53. The molecule has 2 amide bonds. The Hall–Kier alpha value is -2.46. The largest absolute Gasteiger partial charge is 0.322 e. The smallest absolute Gasteiger partial charge is 0.288 e. The first-order valence-electron chi connectivity index (χ1n) is 9.28. The molecule has 10 heteroatoms. The van der Waals surface area contributed by atoms with Crippen molar-refractivity contribution < 1.29 is 18.4 Å². The van der Waals surface area contributed by atoms with Crippen LogP contribution in [0.1, 0.15) is 42.6 Å². The Balaban J connectivity index is 1.84.